The number of rotatable bonds is 9. The summed E-state index contributed by atoms with van der Waals surface area (Å²) in [7, 11) is 0. The third-order valence-corrected chi connectivity index (χ3v) is 6.86. The van der Waals surface area contributed by atoms with Gasteiger partial charge in [0.15, 0.2) is 11.8 Å². The molecule has 1 aliphatic carbocycles. The number of ketones is 1. The van der Waals surface area contributed by atoms with Crippen molar-refractivity contribution in [3.63, 3.8) is 0 Å². The second-order valence-electron chi connectivity index (χ2n) is 8.43. The number of nitrogens with one attached hydrogen (secondary N) is 2. The Morgan fingerprint density at radius 1 is 1.06 bits per heavy atom. The molecule has 8 nitrogen and oxygen atoms in total. The van der Waals surface area contributed by atoms with Crippen LogP contribution in [0.1, 0.15) is 64.4 Å². The van der Waals surface area contributed by atoms with Gasteiger partial charge in [-0.3, -0.25) is 24.1 Å². The van der Waals surface area contributed by atoms with E-state index in [1.165, 1.54) is 29.4 Å². The molecule has 3 amide bonds. The normalized spacial score (nSPS) is 14.3. The van der Waals surface area contributed by atoms with Gasteiger partial charge in [0.1, 0.15) is 5.76 Å². The lowest BCUT2D eigenvalue weighted by atomic mass is 10.1. The van der Waals surface area contributed by atoms with Crippen molar-refractivity contribution in [1.29, 1.82) is 0 Å². The largest absolute Gasteiger partial charge is 0.467 e. The summed E-state index contributed by atoms with van der Waals surface area (Å²) in [6, 6.07) is 12.1. The van der Waals surface area contributed by atoms with E-state index >= 15 is 0 Å². The second-order valence-corrected chi connectivity index (χ2v) is 9.38. The highest BCUT2D eigenvalue weighted by atomic mass is 32.1. The molecule has 0 radical (unpaired) electrons. The van der Waals surface area contributed by atoms with Crippen LogP contribution in [0, 0.1) is 0 Å². The maximum Gasteiger partial charge on any atom is 0.261 e. The number of hydrogen-bond acceptors (Lipinski definition) is 6. The molecule has 0 unspecified atom stereocenters. The summed E-state index contributed by atoms with van der Waals surface area (Å²) in [6.07, 6.45) is 5.30. The maximum atomic E-state index is 13.5. The van der Waals surface area contributed by atoms with Crippen LogP contribution >= 0.6 is 11.3 Å². The number of benzene rings is 1. The van der Waals surface area contributed by atoms with E-state index in [1.807, 2.05) is 0 Å². The van der Waals surface area contributed by atoms with Crippen molar-refractivity contribution < 1.29 is 23.6 Å². The van der Waals surface area contributed by atoms with Crippen LogP contribution in [0.5, 0.6) is 0 Å². The van der Waals surface area contributed by atoms with E-state index in [0.717, 1.165) is 25.7 Å². The minimum absolute atomic E-state index is 0.0375. The first-order valence-corrected chi connectivity index (χ1v) is 12.4. The average Bonchev–Trinajstić information content (AvgIpc) is 3.64. The summed E-state index contributed by atoms with van der Waals surface area (Å²) < 4.78 is 5.59. The molecule has 2 heterocycles. The number of nitrogens with zero attached hydrogens (tertiary/aromatic N) is 1. The van der Waals surface area contributed by atoms with Crippen molar-refractivity contribution in [2.45, 2.75) is 44.7 Å². The molecule has 35 heavy (non-hydrogen) atoms. The van der Waals surface area contributed by atoms with E-state index in [2.05, 4.69) is 10.6 Å². The lowest BCUT2D eigenvalue weighted by molar-refractivity contribution is -0.127. The molecular weight excluding hydrogens is 466 g/mol. The molecule has 1 fully saturated rings. The van der Waals surface area contributed by atoms with E-state index < -0.39 is 11.9 Å². The van der Waals surface area contributed by atoms with Gasteiger partial charge in [-0.2, -0.15) is 0 Å². The van der Waals surface area contributed by atoms with Gasteiger partial charge in [-0.15, -0.1) is 11.3 Å². The number of Topliss-reactive ketones (excluding diaryl/α,β-unsaturated/α-hetero) is 1. The van der Waals surface area contributed by atoms with Crippen LogP contribution in [0.3, 0.4) is 0 Å². The molecule has 0 aliphatic heterocycles. The summed E-state index contributed by atoms with van der Waals surface area (Å²) in [5.74, 6) is -1.03. The molecule has 0 saturated heterocycles. The highest BCUT2D eigenvalue weighted by Crippen LogP contribution is 2.30. The zero-order chi connectivity index (χ0) is 24.8. The number of carbonyl (C=O) groups is 4. The van der Waals surface area contributed by atoms with Crippen molar-refractivity contribution in [2.75, 3.05) is 11.4 Å². The molecular formula is C26H27N3O5S. The van der Waals surface area contributed by atoms with Gasteiger partial charge in [0.25, 0.3) is 11.8 Å². The van der Waals surface area contributed by atoms with Crippen LogP contribution in [0.4, 0.5) is 5.69 Å². The van der Waals surface area contributed by atoms with Crippen molar-refractivity contribution in [3.05, 3.63) is 76.4 Å². The van der Waals surface area contributed by atoms with Crippen LogP contribution in [-0.4, -0.2) is 36.1 Å². The fraction of sp³-hybridized carbons (Fsp3) is 0.308. The lowest BCUT2D eigenvalue weighted by Crippen LogP contribution is -2.49. The quantitative estimate of drug-likeness (QED) is 0.436. The molecule has 1 aromatic carbocycles. The predicted octanol–water partition coefficient (Wildman–Crippen LogP) is 4.11. The Hall–Kier alpha value is -3.72. The summed E-state index contributed by atoms with van der Waals surface area (Å²) in [5, 5.41) is 7.48. The van der Waals surface area contributed by atoms with Crippen molar-refractivity contribution in [1.82, 2.24) is 10.6 Å². The molecule has 2 N–H and O–H groups in total. The van der Waals surface area contributed by atoms with Gasteiger partial charge in [0.2, 0.25) is 5.91 Å². The van der Waals surface area contributed by atoms with Crippen molar-refractivity contribution in [3.8, 4) is 0 Å². The Kier molecular flexibility index (Phi) is 7.77. The van der Waals surface area contributed by atoms with Crippen molar-refractivity contribution >= 4 is 40.5 Å². The number of anilines is 1. The Morgan fingerprint density at radius 2 is 1.80 bits per heavy atom. The monoisotopic (exact) mass is 493 g/mol. The summed E-state index contributed by atoms with van der Waals surface area (Å²) in [6.45, 7) is 1.14. The zero-order valence-corrected chi connectivity index (χ0v) is 20.2. The SMILES string of the molecule is CC(=O)c1ccc(N(C(=O)CNC(=O)c2cccs2)[C@H](C(=O)NC2CCCC2)c2ccco2)cc1. The maximum absolute atomic E-state index is 13.5. The van der Waals surface area contributed by atoms with E-state index in [0.29, 0.717) is 21.9 Å². The smallest absolute Gasteiger partial charge is 0.261 e. The number of thiophene rings is 1. The van der Waals surface area contributed by atoms with Gasteiger partial charge < -0.3 is 15.1 Å². The third-order valence-electron chi connectivity index (χ3n) is 5.99. The van der Waals surface area contributed by atoms with Crippen LogP contribution in [0.15, 0.2) is 64.6 Å². The van der Waals surface area contributed by atoms with Crippen LogP contribution < -0.4 is 15.5 Å². The second kappa shape index (κ2) is 11.1. The Labute approximate surface area is 207 Å². The number of carbonyl (C=O) groups excluding carboxylic acids is 4. The average molecular weight is 494 g/mol. The number of furan rings is 1. The van der Waals surface area contributed by atoms with Gasteiger partial charge in [0, 0.05) is 17.3 Å². The van der Waals surface area contributed by atoms with E-state index in [4.69, 9.17) is 4.42 Å². The highest BCUT2D eigenvalue weighted by Gasteiger charge is 2.36. The predicted molar refractivity (Wildman–Crippen MR) is 132 cm³/mol. The molecule has 1 atom stereocenters. The fourth-order valence-corrected chi connectivity index (χ4v) is 4.84. The number of hydrogen-bond donors (Lipinski definition) is 2. The molecule has 9 heteroatoms. The molecule has 1 saturated carbocycles. The summed E-state index contributed by atoms with van der Waals surface area (Å²) in [5.41, 5.74) is 0.894. The first-order chi connectivity index (χ1) is 16.9. The van der Waals surface area contributed by atoms with Gasteiger partial charge in [0.05, 0.1) is 17.7 Å². The fourth-order valence-electron chi connectivity index (χ4n) is 4.20. The molecule has 1 aliphatic rings. The summed E-state index contributed by atoms with van der Waals surface area (Å²) >= 11 is 1.27. The van der Waals surface area contributed by atoms with Crippen LogP contribution in [0.2, 0.25) is 0 Å². The standard InChI is InChI=1S/C26H27N3O5S/c1-17(30)18-10-12-20(13-11-18)29(23(31)16-27-25(32)22-9-5-15-35-22)24(21-8-4-14-34-21)26(33)28-19-6-2-3-7-19/h4-5,8-15,19,24H,2-3,6-7,16H2,1H3,(H,27,32)(H,28,33)/t24-/m0/s1. The molecule has 0 spiro atoms. The Morgan fingerprint density at radius 3 is 2.40 bits per heavy atom. The first kappa shape index (κ1) is 24.4. The van der Waals surface area contributed by atoms with Gasteiger partial charge in [-0.25, -0.2) is 0 Å². The first-order valence-electron chi connectivity index (χ1n) is 11.5. The Bertz CT molecular complexity index is 1170. The molecule has 0 bridgehead atoms. The van der Waals surface area contributed by atoms with Gasteiger partial charge >= 0.3 is 0 Å². The highest BCUT2D eigenvalue weighted by molar-refractivity contribution is 7.12. The molecule has 182 valence electrons. The van der Waals surface area contributed by atoms with Crippen LogP contribution in [-0.2, 0) is 9.59 Å². The van der Waals surface area contributed by atoms with Gasteiger partial charge in [-0.05, 0) is 67.6 Å². The van der Waals surface area contributed by atoms with Crippen LogP contribution in [0.25, 0.3) is 0 Å². The van der Waals surface area contributed by atoms with E-state index in [-0.39, 0.29) is 30.2 Å². The minimum Gasteiger partial charge on any atom is -0.467 e. The molecule has 4 rings (SSSR count). The lowest BCUT2D eigenvalue weighted by Gasteiger charge is -2.31. The molecule has 2 aromatic heterocycles. The van der Waals surface area contributed by atoms with Crippen molar-refractivity contribution in [2.24, 2.45) is 0 Å². The molecule has 3 aromatic rings. The topological polar surface area (TPSA) is 109 Å². The summed E-state index contributed by atoms with van der Waals surface area (Å²) in [4.78, 5) is 53.1. The zero-order valence-electron chi connectivity index (χ0n) is 19.4. The number of amides is 3. The Balaban J connectivity index is 1.65. The minimum atomic E-state index is -1.08. The van der Waals surface area contributed by atoms with E-state index in [1.54, 1.807) is 53.9 Å². The van der Waals surface area contributed by atoms with Gasteiger partial charge in [-0.1, -0.05) is 18.9 Å². The third kappa shape index (κ3) is 5.86. The van der Waals surface area contributed by atoms with E-state index in [9.17, 15) is 19.2 Å².